The van der Waals surface area contributed by atoms with E-state index in [9.17, 15) is 9.18 Å². The molecule has 6 heteroatoms. The highest BCUT2D eigenvalue weighted by molar-refractivity contribution is 6.02. The molecular weight excluding hydrogens is 235 g/mol. The van der Waals surface area contributed by atoms with Crippen molar-refractivity contribution >= 4 is 11.7 Å². The number of nitrogens with zero attached hydrogens (tertiary/aromatic N) is 3. The molecule has 88 valence electrons. The van der Waals surface area contributed by atoms with Crippen LogP contribution in [0.25, 0.3) is 0 Å². The van der Waals surface area contributed by atoms with E-state index in [2.05, 4.69) is 15.3 Å². The Morgan fingerprint density at radius 1 is 1.33 bits per heavy atom. The van der Waals surface area contributed by atoms with Crippen LogP contribution in [0.5, 0.6) is 0 Å². The normalized spacial score (nSPS) is 9.56. The van der Waals surface area contributed by atoms with Crippen LogP contribution in [0.2, 0.25) is 0 Å². The molecule has 1 amide bonds. The highest BCUT2D eigenvalue weighted by Gasteiger charge is 2.10. The first kappa shape index (κ1) is 11.7. The molecule has 2 aromatic heterocycles. The Labute approximate surface area is 102 Å². The van der Waals surface area contributed by atoms with Crippen molar-refractivity contribution in [3.8, 4) is 6.07 Å². The molecule has 0 aliphatic heterocycles. The van der Waals surface area contributed by atoms with Gasteiger partial charge in [-0.1, -0.05) is 0 Å². The Bertz CT molecular complexity index is 619. The first-order valence-corrected chi connectivity index (χ1v) is 4.99. The van der Waals surface area contributed by atoms with Gasteiger partial charge in [-0.05, 0) is 24.3 Å². The number of nitrogens with one attached hydrogen (secondary N) is 1. The quantitative estimate of drug-likeness (QED) is 0.869. The number of aromatic nitrogens is 2. The third kappa shape index (κ3) is 2.47. The summed E-state index contributed by atoms with van der Waals surface area (Å²) in [4.78, 5) is 19.2. The lowest BCUT2D eigenvalue weighted by Gasteiger charge is -2.04. The summed E-state index contributed by atoms with van der Waals surface area (Å²) >= 11 is 0. The average Bonchev–Trinajstić information content (AvgIpc) is 2.41. The molecule has 1 N–H and O–H groups in total. The highest BCUT2D eigenvalue weighted by Crippen LogP contribution is 2.10. The predicted octanol–water partition coefficient (Wildman–Crippen LogP) is 1.74. The summed E-state index contributed by atoms with van der Waals surface area (Å²) in [6, 6.07) is 7.33. The monoisotopic (exact) mass is 242 g/mol. The van der Waals surface area contributed by atoms with E-state index >= 15 is 0 Å². The molecule has 0 aromatic carbocycles. The van der Waals surface area contributed by atoms with Crippen LogP contribution in [-0.4, -0.2) is 15.9 Å². The summed E-state index contributed by atoms with van der Waals surface area (Å²) in [5, 5.41) is 10.9. The molecule has 0 aliphatic rings. The lowest BCUT2D eigenvalue weighted by Crippen LogP contribution is -2.15. The Morgan fingerprint density at radius 2 is 2.17 bits per heavy atom. The van der Waals surface area contributed by atoms with E-state index in [0.717, 1.165) is 0 Å². The van der Waals surface area contributed by atoms with Crippen molar-refractivity contribution in [2.24, 2.45) is 0 Å². The first-order valence-electron chi connectivity index (χ1n) is 4.99. The maximum Gasteiger partial charge on any atom is 0.275 e. The summed E-state index contributed by atoms with van der Waals surface area (Å²) in [6.07, 6.45) is 2.63. The number of nitriles is 1. The molecule has 0 spiro atoms. The Morgan fingerprint density at radius 3 is 2.78 bits per heavy atom. The Kier molecular flexibility index (Phi) is 3.25. The average molecular weight is 242 g/mol. The summed E-state index contributed by atoms with van der Waals surface area (Å²) in [7, 11) is 0. The number of rotatable bonds is 2. The van der Waals surface area contributed by atoms with Gasteiger partial charge in [0.25, 0.3) is 5.91 Å². The molecule has 0 saturated carbocycles. The Hall–Kier alpha value is -2.81. The fourth-order valence-electron chi connectivity index (χ4n) is 1.24. The number of anilines is 1. The van der Waals surface area contributed by atoms with Crippen LogP contribution in [-0.2, 0) is 0 Å². The first-order chi connectivity index (χ1) is 8.70. The van der Waals surface area contributed by atoms with E-state index in [1.165, 1.54) is 36.7 Å². The fraction of sp³-hybridized carbons (Fsp3) is 0. The van der Waals surface area contributed by atoms with Crippen molar-refractivity contribution in [1.82, 2.24) is 9.97 Å². The van der Waals surface area contributed by atoms with Gasteiger partial charge in [-0.3, -0.25) is 4.79 Å². The molecule has 18 heavy (non-hydrogen) atoms. The van der Waals surface area contributed by atoms with Crippen LogP contribution >= 0.6 is 0 Å². The number of carbonyl (C=O) groups excluding carboxylic acids is 1. The van der Waals surface area contributed by atoms with E-state index < -0.39 is 11.7 Å². The molecule has 0 bridgehead atoms. The van der Waals surface area contributed by atoms with Crippen molar-refractivity contribution in [3.05, 3.63) is 53.7 Å². The van der Waals surface area contributed by atoms with E-state index in [1.54, 1.807) is 0 Å². The van der Waals surface area contributed by atoms with Crippen LogP contribution in [0.4, 0.5) is 10.2 Å². The number of halogens is 1. The molecular formula is C12H7FN4O. The topological polar surface area (TPSA) is 78.7 Å². The van der Waals surface area contributed by atoms with Crippen molar-refractivity contribution < 1.29 is 9.18 Å². The summed E-state index contributed by atoms with van der Waals surface area (Å²) in [5.74, 6) is -1.37. The van der Waals surface area contributed by atoms with Gasteiger partial charge < -0.3 is 5.32 Å². The van der Waals surface area contributed by atoms with Gasteiger partial charge >= 0.3 is 0 Å². The summed E-state index contributed by atoms with van der Waals surface area (Å²) < 4.78 is 13.2. The third-order valence-corrected chi connectivity index (χ3v) is 2.12. The molecule has 0 radical (unpaired) electrons. The number of pyridine rings is 2. The van der Waals surface area contributed by atoms with Crippen molar-refractivity contribution in [2.75, 3.05) is 5.32 Å². The minimum atomic E-state index is -0.625. The minimum absolute atomic E-state index is 0.0825. The molecule has 0 atom stereocenters. The zero-order valence-electron chi connectivity index (χ0n) is 9.09. The van der Waals surface area contributed by atoms with Gasteiger partial charge in [-0.2, -0.15) is 5.26 Å². The van der Waals surface area contributed by atoms with Gasteiger partial charge in [0.2, 0.25) is 0 Å². The second kappa shape index (κ2) is 5.01. The van der Waals surface area contributed by atoms with Gasteiger partial charge in [0.1, 0.15) is 11.8 Å². The second-order valence-electron chi connectivity index (χ2n) is 3.33. The molecule has 2 aromatic rings. The molecule has 0 saturated heterocycles. The molecule has 2 heterocycles. The van der Waals surface area contributed by atoms with Crippen LogP contribution in [0.1, 0.15) is 16.1 Å². The van der Waals surface area contributed by atoms with Gasteiger partial charge in [0, 0.05) is 12.4 Å². The largest absolute Gasteiger partial charge is 0.303 e. The van der Waals surface area contributed by atoms with Gasteiger partial charge in [-0.25, -0.2) is 14.4 Å². The van der Waals surface area contributed by atoms with Crippen molar-refractivity contribution in [3.63, 3.8) is 0 Å². The summed E-state index contributed by atoms with van der Waals surface area (Å²) in [6.45, 7) is 0. The van der Waals surface area contributed by atoms with E-state index in [1.807, 2.05) is 6.07 Å². The van der Waals surface area contributed by atoms with Crippen molar-refractivity contribution in [1.29, 1.82) is 5.26 Å². The standard InChI is InChI=1S/C12H7FN4O/c13-9-2-1-5-15-11(9)17-12(18)10-4-3-8(6-14)7-16-10/h1-5,7H,(H,15,17,18). The minimum Gasteiger partial charge on any atom is -0.303 e. The SMILES string of the molecule is N#Cc1ccc(C(=O)Nc2ncccc2F)nc1. The zero-order valence-corrected chi connectivity index (χ0v) is 9.09. The number of amides is 1. The van der Waals surface area contributed by atoms with Crippen LogP contribution in [0.15, 0.2) is 36.7 Å². The third-order valence-electron chi connectivity index (χ3n) is 2.12. The number of carbonyl (C=O) groups is 1. The smallest absolute Gasteiger partial charge is 0.275 e. The molecule has 0 unspecified atom stereocenters. The van der Waals surface area contributed by atoms with Crippen LogP contribution < -0.4 is 5.32 Å². The van der Waals surface area contributed by atoms with E-state index in [-0.39, 0.29) is 11.5 Å². The molecule has 2 rings (SSSR count). The van der Waals surface area contributed by atoms with Gasteiger partial charge in [-0.15, -0.1) is 0 Å². The lowest BCUT2D eigenvalue weighted by atomic mass is 10.2. The van der Waals surface area contributed by atoms with E-state index in [4.69, 9.17) is 5.26 Å². The van der Waals surface area contributed by atoms with Crippen molar-refractivity contribution in [2.45, 2.75) is 0 Å². The number of hydrogen-bond donors (Lipinski definition) is 1. The Balaban J connectivity index is 2.17. The molecule has 5 nitrogen and oxygen atoms in total. The maximum atomic E-state index is 13.2. The maximum absolute atomic E-state index is 13.2. The zero-order chi connectivity index (χ0) is 13.0. The van der Waals surface area contributed by atoms with Crippen LogP contribution in [0.3, 0.4) is 0 Å². The summed E-state index contributed by atoms with van der Waals surface area (Å²) in [5.41, 5.74) is 0.426. The predicted molar refractivity (Wildman–Crippen MR) is 61.1 cm³/mol. The fourth-order valence-corrected chi connectivity index (χ4v) is 1.24. The molecule has 0 aliphatic carbocycles. The van der Waals surface area contributed by atoms with E-state index in [0.29, 0.717) is 5.56 Å². The lowest BCUT2D eigenvalue weighted by molar-refractivity contribution is 0.102. The number of hydrogen-bond acceptors (Lipinski definition) is 4. The molecule has 0 fully saturated rings. The highest BCUT2D eigenvalue weighted by atomic mass is 19.1. The van der Waals surface area contributed by atoms with Gasteiger partial charge in [0.15, 0.2) is 11.6 Å². The van der Waals surface area contributed by atoms with Gasteiger partial charge in [0.05, 0.1) is 5.56 Å². The van der Waals surface area contributed by atoms with Crippen LogP contribution in [0, 0.1) is 17.1 Å². The second-order valence-corrected chi connectivity index (χ2v) is 3.33.